The van der Waals surface area contributed by atoms with Gasteiger partial charge in [-0.1, -0.05) is 30.5 Å². The molecule has 1 aliphatic carbocycles. The molecule has 0 atom stereocenters. The third kappa shape index (κ3) is 3.94. The van der Waals surface area contributed by atoms with Gasteiger partial charge in [0.15, 0.2) is 5.82 Å². The number of pyridine rings is 1. The molecule has 3 heterocycles. The monoisotopic (exact) mass is 389 g/mol. The van der Waals surface area contributed by atoms with Crippen LogP contribution in [0.3, 0.4) is 0 Å². The number of urea groups is 1. The van der Waals surface area contributed by atoms with Crippen LogP contribution >= 0.6 is 11.6 Å². The molecule has 2 fully saturated rings. The first kappa shape index (κ1) is 18.3. The van der Waals surface area contributed by atoms with Crippen molar-refractivity contribution in [3.63, 3.8) is 0 Å². The smallest absolute Gasteiger partial charge is 0.317 e. The van der Waals surface area contributed by atoms with E-state index in [-0.39, 0.29) is 11.6 Å². The van der Waals surface area contributed by atoms with Crippen LogP contribution in [0.15, 0.2) is 24.5 Å². The number of ether oxygens (including phenoxy) is 1. The Labute approximate surface area is 163 Å². The third-order valence-corrected chi connectivity index (χ3v) is 5.54. The maximum atomic E-state index is 12.7. The first-order valence-corrected chi connectivity index (χ1v) is 9.76. The van der Waals surface area contributed by atoms with E-state index in [0.29, 0.717) is 37.1 Å². The van der Waals surface area contributed by atoms with Gasteiger partial charge in [0.2, 0.25) is 0 Å². The van der Waals surface area contributed by atoms with Crippen molar-refractivity contribution in [2.24, 2.45) is 0 Å². The zero-order valence-corrected chi connectivity index (χ0v) is 16.2. The van der Waals surface area contributed by atoms with E-state index in [4.69, 9.17) is 16.3 Å². The van der Waals surface area contributed by atoms with Crippen LogP contribution in [-0.2, 0) is 11.3 Å². The Bertz CT molecular complexity index is 831. The summed E-state index contributed by atoms with van der Waals surface area (Å²) < 4.78 is 7.64. The number of rotatable bonds is 3. The molecule has 2 aromatic rings. The lowest BCUT2D eigenvalue weighted by Gasteiger charge is -2.40. The number of aromatic nitrogens is 3. The molecule has 144 valence electrons. The summed E-state index contributed by atoms with van der Waals surface area (Å²) in [6.45, 7) is 4.21. The second kappa shape index (κ2) is 7.48. The fourth-order valence-electron chi connectivity index (χ4n) is 3.95. The predicted molar refractivity (Wildman–Crippen MR) is 102 cm³/mol. The Morgan fingerprint density at radius 1 is 1.37 bits per heavy atom. The van der Waals surface area contributed by atoms with E-state index in [1.165, 1.54) is 12.8 Å². The summed E-state index contributed by atoms with van der Waals surface area (Å²) in [5.74, 6) is 0.677. The highest BCUT2D eigenvalue weighted by atomic mass is 35.5. The number of hydrogen-bond donors (Lipinski definition) is 1. The molecule has 4 rings (SSSR count). The molecule has 0 aromatic carbocycles. The van der Waals surface area contributed by atoms with E-state index in [0.717, 1.165) is 24.1 Å². The molecule has 1 aliphatic heterocycles. The van der Waals surface area contributed by atoms with Crippen molar-refractivity contribution in [2.75, 3.05) is 19.7 Å². The number of nitrogens with one attached hydrogen (secondary N) is 1. The highest BCUT2D eigenvalue weighted by molar-refractivity contribution is 6.30. The molecule has 2 aliphatic rings. The van der Waals surface area contributed by atoms with Gasteiger partial charge in [0.05, 0.1) is 36.2 Å². The molecule has 2 aromatic heterocycles. The number of morpholine rings is 1. The van der Waals surface area contributed by atoms with Gasteiger partial charge < -0.3 is 15.0 Å². The molecule has 1 spiro atoms. The number of carbonyl (C=O) groups is 1. The lowest BCUT2D eigenvalue weighted by molar-refractivity contribution is -0.0925. The van der Waals surface area contributed by atoms with Crippen molar-refractivity contribution < 1.29 is 9.53 Å². The maximum Gasteiger partial charge on any atom is 0.317 e. The van der Waals surface area contributed by atoms with Gasteiger partial charge >= 0.3 is 6.03 Å². The number of hydrogen-bond acceptors (Lipinski definition) is 4. The Morgan fingerprint density at radius 2 is 2.19 bits per heavy atom. The summed E-state index contributed by atoms with van der Waals surface area (Å²) in [7, 11) is 0. The standard InChI is InChI=1S/C19H24ClN5O2/c1-14-4-5-15(17(23-14)25-12-16(20)11-22-25)10-21-18(26)24-8-9-27-19(13-24)6-2-3-7-19/h4-5,11-12H,2-3,6-10,13H2,1H3,(H,21,26). The van der Waals surface area contributed by atoms with Crippen molar-refractivity contribution in [3.05, 3.63) is 40.8 Å². The highest BCUT2D eigenvalue weighted by Crippen LogP contribution is 2.35. The van der Waals surface area contributed by atoms with E-state index in [9.17, 15) is 4.79 Å². The van der Waals surface area contributed by atoms with Crippen molar-refractivity contribution >= 4 is 17.6 Å². The van der Waals surface area contributed by atoms with Gasteiger partial charge in [-0.3, -0.25) is 0 Å². The lowest BCUT2D eigenvalue weighted by atomic mass is 10.00. The molecule has 7 nitrogen and oxygen atoms in total. The largest absolute Gasteiger partial charge is 0.371 e. The van der Waals surface area contributed by atoms with Gasteiger partial charge in [-0.25, -0.2) is 14.5 Å². The van der Waals surface area contributed by atoms with Crippen molar-refractivity contribution in [2.45, 2.75) is 44.8 Å². The molecular formula is C19H24ClN5O2. The number of amides is 2. The molecule has 1 saturated carbocycles. The Balaban J connectivity index is 1.45. The van der Waals surface area contributed by atoms with Crippen molar-refractivity contribution in [1.82, 2.24) is 25.0 Å². The zero-order chi connectivity index (χ0) is 18.9. The van der Waals surface area contributed by atoms with Gasteiger partial charge in [0, 0.05) is 24.3 Å². The van der Waals surface area contributed by atoms with Crippen LogP contribution in [-0.4, -0.2) is 51.0 Å². The fourth-order valence-corrected chi connectivity index (χ4v) is 4.08. The maximum absolute atomic E-state index is 12.7. The highest BCUT2D eigenvalue weighted by Gasteiger charge is 2.40. The normalized spacial score (nSPS) is 18.8. The van der Waals surface area contributed by atoms with E-state index >= 15 is 0 Å². The Morgan fingerprint density at radius 3 is 2.93 bits per heavy atom. The van der Waals surface area contributed by atoms with Gasteiger partial charge in [-0.05, 0) is 25.8 Å². The zero-order valence-electron chi connectivity index (χ0n) is 15.4. The number of nitrogens with zero attached hydrogens (tertiary/aromatic N) is 4. The summed E-state index contributed by atoms with van der Waals surface area (Å²) >= 11 is 5.99. The fraction of sp³-hybridized carbons (Fsp3) is 0.526. The summed E-state index contributed by atoms with van der Waals surface area (Å²) in [5, 5.41) is 7.81. The van der Waals surface area contributed by atoms with Gasteiger partial charge in [-0.15, -0.1) is 0 Å². The van der Waals surface area contributed by atoms with Crippen LogP contribution in [0.1, 0.15) is 36.9 Å². The van der Waals surface area contributed by atoms with Crippen LogP contribution in [0.4, 0.5) is 4.79 Å². The van der Waals surface area contributed by atoms with Crippen LogP contribution in [0.25, 0.3) is 5.82 Å². The molecule has 0 radical (unpaired) electrons. The summed E-state index contributed by atoms with van der Waals surface area (Å²) in [4.78, 5) is 19.2. The SMILES string of the molecule is Cc1ccc(CNC(=O)N2CCOC3(CCCC3)C2)c(-n2cc(Cl)cn2)n1. The Hall–Kier alpha value is -2.12. The second-order valence-corrected chi connectivity index (χ2v) is 7.79. The van der Waals surface area contributed by atoms with Crippen molar-refractivity contribution in [3.8, 4) is 5.82 Å². The minimum Gasteiger partial charge on any atom is -0.371 e. The van der Waals surface area contributed by atoms with Gasteiger partial charge in [0.25, 0.3) is 0 Å². The first-order valence-electron chi connectivity index (χ1n) is 9.38. The average molecular weight is 390 g/mol. The third-order valence-electron chi connectivity index (χ3n) is 5.34. The minimum absolute atomic E-state index is 0.0606. The van der Waals surface area contributed by atoms with Crippen LogP contribution in [0.2, 0.25) is 5.02 Å². The molecule has 8 heteroatoms. The first-order chi connectivity index (χ1) is 13.0. The average Bonchev–Trinajstić information content (AvgIpc) is 3.29. The van der Waals surface area contributed by atoms with E-state index in [1.807, 2.05) is 24.0 Å². The molecule has 0 bridgehead atoms. The van der Waals surface area contributed by atoms with Crippen LogP contribution in [0, 0.1) is 6.92 Å². The number of aryl methyl sites for hydroxylation is 1. The van der Waals surface area contributed by atoms with E-state index < -0.39 is 0 Å². The molecule has 1 N–H and O–H groups in total. The van der Waals surface area contributed by atoms with Crippen molar-refractivity contribution in [1.29, 1.82) is 0 Å². The topological polar surface area (TPSA) is 72.3 Å². The van der Waals surface area contributed by atoms with Crippen LogP contribution in [0.5, 0.6) is 0 Å². The minimum atomic E-state index is -0.127. The molecule has 2 amide bonds. The summed E-state index contributed by atoms with van der Waals surface area (Å²) in [6.07, 6.45) is 7.73. The quantitative estimate of drug-likeness (QED) is 0.875. The Kier molecular flexibility index (Phi) is 5.06. The summed E-state index contributed by atoms with van der Waals surface area (Å²) in [6, 6.07) is 3.83. The van der Waals surface area contributed by atoms with E-state index in [2.05, 4.69) is 15.4 Å². The summed E-state index contributed by atoms with van der Waals surface area (Å²) in [5.41, 5.74) is 1.64. The van der Waals surface area contributed by atoms with Crippen LogP contribution < -0.4 is 5.32 Å². The van der Waals surface area contributed by atoms with E-state index in [1.54, 1.807) is 17.1 Å². The molecular weight excluding hydrogens is 366 g/mol. The lowest BCUT2D eigenvalue weighted by Crippen LogP contribution is -2.54. The van der Waals surface area contributed by atoms with Gasteiger partial charge in [-0.2, -0.15) is 5.10 Å². The number of carbonyl (C=O) groups excluding carboxylic acids is 1. The number of halogens is 1. The molecule has 0 unspecified atom stereocenters. The molecule has 27 heavy (non-hydrogen) atoms. The van der Waals surface area contributed by atoms with Gasteiger partial charge in [0.1, 0.15) is 0 Å². The predicted octanol–water partition coefficient (Wildman–Crippen LogP) is 3.08. The molecule has 1 saturated heterocycles. The second-order valence-electron chi connectivity index (χ2n) is 7.36.